The molecule has 7 nitrogen and oxygen atoms in total. The largest absolute Gasteiger partial charge is 0.346 e. The number of aromatic nitrogens is 3. The van der Waals surface area contributed by atoms with Gasteiger partial charge in [-0.25, -0.2) is 18.7 Å². The van der Waals surface area contributed by atoms with Gasteiger partial charge in [0.25, 0.3) is 5.56 Å². The number of nitrogens with zero attached hydrogens (tertiary/aromatic N) is 3. The summed E-state index contributed by atoms with van der Waals surface area (Å²) in [5, 5.41) is 11.7. The average molecular weight is 369 g/mol. The highest BCUT2D eigenvalue weighted by molar-refractivity contribution is 5.82. The van der Waals surface area contributed by atoms with Crippen LogP contribution in [0.3, 0.4) is 0 Å². The van der Waals surface area contributed by atoms with E-state index in [1.165, 1.54) is 18.5 Å². The first-order chi connectivity index (χ1) is 12.9. The number of nitriles is 1. The van der Waals surface area contributed by atoms with E-state index in [1.807, 2.05) is 6.07 Å². The van der Waals surface area contributed by atoms with Crippen LogP contribution in [-0.4, -0.2) is 20.9 Å². The molecule has 3 rings (SSSR count). The van der Waals surface area contributed by atoms with Gasteiger partial charge in [-0.15, -0.1) is 0 Å². The molecule has 0 saturated carbocycles. The van der Waals surface area contributed by atoms with E-state index >= 15 is 0 Å². The Hall–Kier alpha value is -3.67. The van der Waals surface area contributed by atoms with Crippen LogP contribution in [0.15, 0.2) is 35.4 Å². The number of pyridine rings is 1. The van der Waals surface area contributed by atoms with Crippen LogP contribution < -0.4 is 10.9 Å². The van der Waals surface area contributed by atoms with Crippen molar-refractivity contribution in [3.63, 3.8) is 0 Å². The van der Waals surface area contributed by atoms with E-state index < -0.39 is 29.1 Å². The fourth-order valence-electron chi connectivity index (χ4n) is 2.53. The molecule has 0 aliphatic carbocycles. The molecule has 2 aromatic heterocycles. The van der Waals surface area contributed by atoms with Crippen molar-refractivity contribution in [1.82, 2.24) is 20.3 Å². The van der Waals surface area contributed by atoms with E-state index in [2.05, 4.69) is 20.3 Å². The monoisotopic (exact) mass is 369 g/mol. The highest BCUT2D eigenvalue weighted by atomic mass is 19.2. The van der Waals surface area contributed by atoms with Crippen LogP contribution in [0.25, 0.3) is 10.9 Å². The minimum atomic E-state index is -1.07. The van der Waals surface area contributed by atoms with E-state index in [0.29, 0.717) is 11.4 Å². The molecule has 2 heterocycles. The molecule has 0 spiro atoms. The number of hydrogen-bond acceptors (Lipinski definition) is 5. The van der Waals surface area contributed by atoms with E-state index in [4.69, 9.17) is 5.26 Å². The van der Waals surface area contributed by atoms with Crippen LogP contribution in [0, 0.1) is 23.0 Å². The van der Waals surface area contributed by atoms with Gasteiger partial charge < -0.3 is 10.3 Å². The predicted octanol–water partition coefficient (Wildman–Crippen LogP) is 1.89. The fraction of sp³-hybridized carbons (Fsp3) is 0.167. The summed E-state index contributed by atoms with van der Waals surface area (Å²) in [7, 11) is 0. The van der Waals surface area contributed by atoms with Gasteiger partial charge in [0, 0.05) is 29.4 Å². The zero-order chi connectivity index (χ0) is 19.6. The topological polar surface area (TPSA) is 112 Å². The Bertz CT molecular complexity index is 1120. The van der Waals surface area contributed by atoms with Crippen LogP contribution in [-0.2, 0) is 11.2 Å². The molecule has 0 fully saturated rings. The maximum Gasteiger partial charge on any atom is 0.252 e. The smallest absolute Gasteiger partial charge is 0.252 e. The Morgan fingerprint density at radius 2 is 1.93 bits per heavy atom. The van der Waals surface area contributed by atoms with Gasteiger partial charge in [0.05, 0.1) is 23.5 Å². The van der Waals surface area contributed by atoms with Gasteiger partial charge in [0.1, 0.15) is 11.9 Å². The van der Waals surface area contributed by atoms with Crippen LogP contribution >= 0.6 is 0 Å². The Morgan fingerprint density at radius 3 is 2.59 bits per heavy atom. The number of H-pyrrole nitrogens is 1. The number of benzene rings is 1. The molecule has 2 N–H and O–H groups in total. The fourth-order valence-corrected chi connectivity index (χ4v) is 2.53. The van der Waals surface area contributed by atoms with E-state index in [-0.39, 0.29) is 22.9 Å². The van der Waals surface area contributed by atoms with Crippen molar-refractivity contribution in [1.29, 1.82) is 5.26 Å². The Kier molecular flexibility index (Phi) is 4.90. The lowest BCUT2D eigenvalue weighted by atomic mass is 10.1. The molecule has 0 saturated heterocycles. The zero-order valence-electron chi connectivity index (χ0n) is 14.1. The molecular weight excluding hydrogens is 356 g/mol. The molecule has 9 heteroatoms. The van der Waals surface area contributed by atoms with Gasteiger partial charge in [0.2, 0.25) is 5.91 Å². The first-order valence-electron chi connectivity index (χ1n) is 7.89. The summed E-state index contributed by atoms with van der Waals surface area (Å²) in [6.45, 7) is 1.65. The highest BCUT2D eigenvalue weighted by Crippen LogP contribution is 2.16. The molecule has 0 aliphatic rings. The van der Waals surface area contributed by atoms with Crippen LogP contribution in [0.4, 0.5) is 8.78 Å². The van der Waals surface area contributed by atoms with E-state index in [9.17, 15) is 18.4 Å². The standard InChI is InChI=1S/C18H13F2N5O2/c1-9(17-22-7-10(6-21)8-23-17)24-16(26)4-12-2-11-3-13(19)14(20)5-15(11)25-18(12)27/h2-3,5,7-9H,4H2,1H3,(H,24,26)(H,25,27)/t9-/m1/s1. The SMILES string of the molecule is C[C@@H](NC(=O)Cc1cc2cc(F)c(F)cc2[nH]c1=O)c1ncc(C#N)cn1. The van der Waals surface area contributed by atoms with Gasteiger partial charge in [-0.1, -0.05) is 0 Å². The minimum Gasteiger partial charge on any atom is -0.346 e. The van der Waals surface area contributed by atoms with Crippen molar-refractivity contribution in [3.8, 4) is 6.07 Å². The number of halogens is 2. The molecule has 0 aliphatic heterocycles. The molecule has 1 atom stereocenters. The second-order valence-corrected chi connectivity index (χ2v) is 5.88. The molecule has 1 amide bonds. The quantitative estimate of drug-likeness (QED) is 0.729. The van der Waals surface area contributed by atoms with Crippen molar-refractivity contribution >= 4 is 16.8 Å². The van der Waals surface area contributed by atoms with Crippen molar-refractivity contribution < 1.29 is 13.6 Å². The number of aromatic amines is 1. The van der Waals surface area contributed by atoms with Gasteiger partial charge >= 0.3 is 0 Å². The number of fused-ring (bicyclic) bond motifs is 1. The van der Waals surface area contributed by atoms with Crippen LogP contribution in [0.5, 0.6) is 0 Å². The first-order valence-corrected chi connectivity index (χ1v) is 7.89. The van der Waals surface area contributed by atoms with E-state index in [1.54, 1.807) is 6.92 Å². The molecule has 0 bridgehead atoms. The first kappa shape index (κ1) is 18.1. The third-order valence-corrected chi connectivity index (χ3v) is 3.88. The van der Waals surface area contributed by atoms with Crippen molar-refractivity contribution in [2.75, 3.05) is 0 Å². The molecule has 0 radical (unpaired) electrons. The van der Waals surface area contributed by atoms with Gasteiger partial charge in [-0.2, -0.15) is 5.26 Å². The summed E-state index contributed by atoms with van der Waals surface area (Å²) in [6, 6.07) is 4.54. The lowest BCUT2D eigenvalue weighted by Gasteiger charge is -2.12. The predicted molar refractivity (Wildman–Crippen MR) is 91.5 cm³/mol. The lowest BCUT2D eigenvalue weighted by molar-refractivity contribution is -0.121. The number of nitrogens with one attached hydrogen (secondary N) is 2. The molecule has 136 valence electrons. The van der Waals surface area contributed by atoms with Crippen molar-refractivity contribution in [2.24, 2.45) is 0 Å². The number of amides is 1. The summed E-state index contributed by atoms with van der Waals surface area (Å²) in [5.41, 5.74) is -0.0176. The van der Waals surface area contributed by atoms with Crippen molar-refractivity contribution in [2.45, 2.75) is 19.4 Å². The third kappa shape index (κ3) is 3.95. The maximum absolute atomic E-state index is 13.4. The highest BCUT2D eigenvalue weighted by Gasteiger charge is 2.15. The Morgan fingerprint density at radius 1 is 1.26 bits per heavy atom. The lowest BCUT2D eigenvalue weighted by Crippen LogP contribution is -2.31. The number of hydrogen-bond donors (Lipinski definition) is 2. The normalized spacial score (nSPS) is 11.8. The molecular formula is C18H13F2N5O2. The summed E-state index contributed by atoms with van der Waals surface area (Å²) >= 11 is 0. The molecule has 1 aromatic carbocycles. The second kappa shape index (κ2) is 7.29. The Balaban J connectivity index is 1.77. The van der Waals surface area contributed by atoms with E-state index in [0.717, 1.165) is 12.1 Å². The minimum absolute atomic E-state index is 0.110. The van der Waals surface area contributed by atoms with Crippen molar-refractivity contribution in [3.05, 3.63) is 69.5 Å². The van der Waals surface area contributed by atoms with Gasteiger partial charge in [-0.3, -0.25) is 9.59 Å². The third-order valence-electron chi connectivity index (χ3n) is 3.88. The zero-order valence-corrected chi connectivity index (χ0v) is 14.1. The molecule has 27 heavy (non-hydrogen) atoms. The number of carbonyl (C=O) groups excluding carboxylic acids is 1. The molecule has 3 aromatic rings. The number of carbonyl (C=O) groups is 1. The summed E-state index contributed by atoms with van der Waals surface area (Å²) in [5.74, 6) is -2.27. The summed E-state index contributed by atoms with van der Waals surface area (Å²) < 4.78 is 26.6. The second-order valence-electron chi connectivity index (χ2n) is 5.88. The Labute approximate surface area is 151 Å². The summed E-state index contributed by atoms with van der Waals surface area (Å²) in [6.07, 6.45) is 2.42. The van der Waals surface area contributed by atoms with Crippen LogP contribution in [0.2, 0.25) is 0 Å². The number of rotatable bonds is 4. The van der Waals surface area contributed by atoms with Gasteiger partial charge in [0.15, 0.2) is 11.6 Å². The average Bonchev–Trinajstić information content (AvgIpc) is 2.64. The maximum atomic E-state index is 13.4. The summed E-state index contributed by atoms with van der Waals surface area (Å²) in [4.78, 5) is 34.7. The van der Waals surface area contributed by atoms with Gasteiger partial charge in [-0.05, 0) is 19.1 Å². The van der Waals surface area contributed by atoms with Crippen LogP contribution in [0.1, 0.15) is 29.9 Å². The molecule has 0 unspecified atom stereocenters.